The molecule has 2 aliphatic heterocycles. The lowest BCUT2D eigenvalue weighted by atomic mass is 10.1. The number of amides is 2. The Labute approximate surface area is 222 Å². The second kappa shape index (κ2) is 11.9. The first-order chi connectivity index (χ1) is 18.0. The van der Waals surface area contributed by atoms with Gasteiger partial charge in [0.15, 0.2) is 6.61 Å². The van der Waals surface area contributed by atoms with Crippen LogP contribution in [0.1, 0.15) is 16.8 Å². The molecule has 2 saturated heterocycles. The molecule has 5 rings (SSSR count). The highest BCUT2D eigenvalue weighted by Crippen LogP contribution is 2.19. The molecule has 8 heteroatoms. The Morgan fingerprint density at radius 2 is 1.70 bits per heavy atom. The van der Waals surface area contributed by atoms with Gasteiger partial charge >= 0.3 is 0 Å². The fourth-order valence-electron chi connectivity index (χ4n) is 4.97. The summed E-state index contributed by atoms with van der Waals surface area (Å²) in [4.78, 5) is 32.1. The number of hydrogen-bond donors (Lipinski definition) is 0. The van der Waals surface area contributed by atoms with Crippen LogP contribution in [0.4, 0.5) is 0 Å². The Morgan fingerprint density at radius 1 is 0.892 bits per heavy atom. The molecule has 0 aromatic heterocycles. The van der Waals surface area contributed by atoms with Gasteiger partial charge in [-0.1, -0.05) is 41.9 Å². The summed E-state index contributed by atoms with van der Waals surface area (Å²) in [5, 5.41) is 2.85. The smallest absolute Gasteiger partial charge is 0.260 e. The minimum atomic E-state index is -0.0593. The molecule has 0 bridgehead atoms. The molecule has 7 nitrogen and oxygen atoms in total. The topological polar surface area (TPSA) is 62.3 Å². The van der Waals surface area contributed by atoms with Crippen molar-refractivity contribution >= 4 is 34.2 Å². The summed E-state index contributed by atoms with van der Waals surface area (Å²) in [7, 11) is 0. The van der Waals surface area contributed by atoms with E-state index in [0.29, 0.717) is 37.0 Å². The number of ether oxygens (including phenoxy) is 2. The van der Waals surface area contributed by atoms with Crippen molar-refractivity contribution in [1.29, 1.82) is 0 Å². The molecule has 0 N–H and O–H groups in total. The molecule has 2 aliphatic rings. The fraction of sp³-hybridized carbons (Fsp3) is 0.379. The molecule has 2 heterocycles. The van der Waals surface area contributed by atoms with E-state index in [1.54, 1.807) is 24.3 Å². The predicted molar refractivity (Wildman–Crippen MR) is 144 cm³/mol. The molecule has 3 aromatic rings. The van der Waals surface area contributed by atoms with Gasteiger partial charge in [0.1, 0.15) is 5.75 Å². The normalized spacial score (nSPS) is 19.0. The number of carbonyl (C=O) groups is 2. The van der Waals surface area contributed by atoms with Crippen LogP contribution in [0.3, 0.4) is 0 Å². The molecule has 0 unspecified atom stereocenters. The zero-order chi connectivity index (χ0) is 25.6. The van der Waals surface area contributed by atoms with E-state index >= 15 is 0 Å². The van der Waals surface area contributed by atoms with E-state index in [1.807, 2.05) is 46.2 Å². The van der Waals surface area contributed by atoms with Crippen molar-refractivity contribution in [3.8, 4) is 5.75 Å². The monoisotopic (exact) mass is 521 g/mol. The maximum absolute atomic E-state index is 13.2. The molecule has 0 spiro atoms. The van der Waals surface area contributed by atoms with Gasteiger partial charge in [-0.05, 0) is 60.1 Å². The summed E-state index contributed by atoms with van der Waals surface area (Å²) in [5.74, 6) is 0.653. The molecule has 3 aromatic carbocycles. The van der Waals surface area contributed by atoms with Crippen LogP contribution in [0.25, 0.3) is 10.8 Å². The minimum Gasteiger partial charge on any atom is -0.484 e. The van der Waals surface area contributed by atoms with Crippen LogP contribution in [0, 0.1) is 0 Å². The second-order valence-electron chi connectivity index (χ2n) is 9.58. The molecule has 0 radical (unpaired) electrons. The molecule has 1 atom stereocenters. The number of halogens is 1. The van der Waals surface area contributed by atoms with Crippen LogP contribution >= 0.6 is 11.6 Å². The lowest BCUT2D eigenvalue weighted by Gasteiger charge is -2.35. The maximum Gasteiger partial charge on any atom is 0.260 e. The third kappa shape index (κ3) is 6.60. The van der Waals surface area contributed by atoms with Gasteiger partial charge in [-0.15, -0.1) is 0 Å². The number of morpholine rings is 1. The van der Waals surface area contributed by atoms with Crippen molar-refractivity contribution in [2.24, 2.45) is 0 Å². The summed E-state index contributed by atoms with van der Waals surface area (Å²) >= 11 is 5.91. The Hall–Kier alpha value is -3.13. The maximum atomic E-state index is 13.2. The number of hydrogen-bond acceptors (Lipinski definition) is 5. The van der Waals surface area contributed by atoms with E-state index in [4.69, 9.17) is 21.1 Å². The minimum absolute atomic E-state index is 0.0100. The lowest BCUT2D eigenvalue weighted by molar-refractivity contribution is -0.141. The first-order valence-electron chi connectivity index (χ1n) is 12.8. The number of rotatable bonds is 6. The summed E-state index contributed by atoms with van der Waals surface area (Å²) in [6.45, 7) is 5.44. The Bertz CT molecular complexity index is 1240. The summed E-state index contributed by atoms with van der Waals surface area (Å²) in [6.07, 6.45) is 0.847. The van der Waals surface area contributed by atoms with Gasteiger partial charge in [0, 0.05) is 49.9 Å². The van der Waals surface area contributed by atoms with Crippen molar-refractivity contribution in [3.63, 3.8) is 0 Å². The summed E-state index contributed by atoms with van der Waals surface area (Å²) in [5.41, 5.74) is 0.734. The standard InChI is InChI=1S/C29H32ClN3O4/c30-25-8-10-26(11-9-25)37-21-28(34)33-16-17-36-27(20-33)19-31-12-3-13-32(15-14-31)29(35)24-7-6-22-4-1-2-5-23(22)18-24/h1-2,4-11,18,27H,3,12-17,19-21H2/t27-/m0/s1. The first-order valence-corrected chi connectivity index (χ1v) is 13.2. The molecule has 194 valence electrons. The van der Waals surface area contributed by atoms with Crippen molar-refractivity contribution in [1.82, 2.24) is 14.7 Å². The van der Waals surface area contributed by atoms with Gasteiger partial charge in [0.25, 0.3) is 11.8 Å². The van der Waals surface area contributed by atoms with E-state index in [-0.39, 0.29) is 24.5 Å². The highest BCUT2D eigenvalue weighted by atomic mass is 35.5. The highest BCUT2D eigenvalue weighted by Gasteiger charge is 2.28. The molecule has 0 saturated carbocycles. The Morgan fingerprint density at radius 3 is 2.54 bits per heavy atom. The van der Waals surface area contributed by atoms with Crippen molar-refractivity contribution in [2.75, 3.05) is 59.0 Å². The van der Waals surface area contributed by atoms with E-state index in [0.717, 1.165) is 48.9 Å². The molecular formula is C29H32ClN3O4. The molecule has 37 heavy (non-hydrogen) atoms. The van der Waals surface area contributed by atoms with Gasteiger partial charge in [-0.2, -0.15) is 0 Å². The highest BCUT2D eigenvalue weighted by molar-refractivity contribution is 6.30. The van der Waals surface area contributed by atoms with Crippen LogP contribution < -0.4 is 4.74 Å². The third-order valence-corrected chi connectivity index (χ3v) is 7.25. The van der Waals surface area contributed by atoms with E-state index in [9.17, 15) is 9.59 Å². The van der Waals surface area contributed by atoms with Crippen LogP contribution in [0.15, 0.2) is 66.7 Å². The molecular weight excluding hydrogens is 490 g/mol. The third-order valence-electron chi connectivity index (χ3n) is 7.00. The first kappa shape index (κ1) is 25.5. The van der Waals surface area contributed by atoms with Crippen LogP contribution in [0.5, 0.6) is 5.75 Å². The predicted octanol–water partition coefficient (Wildman–Crippen LogP) is 3.95. The Balaban J connectivity index is 1.11. The van der Waals surface area contributed by atoms with Crippen molar-refractivity contribution in [3.05, 3.63) is 77.3 Å². The zero-order valence-electron chi connectivity index (χ0n) is 20.9. The molecule has 2 amide bonds. The van der Waals surface area contributed by atoms with E-state index in [2.05, 4.69) is 11.0 Å². The van der Waals surface area contributed by atoms with Gasteiger partial charge in [-0.25, -0.2) is 0 Å². The average molecular weight is 522 g/mol. The van der Waals surface area contributed by atoms with Crippen LogP contribution in [-0.2, 0) is 9.53 Å². The zero-order valence-corrected chi connectivity index (χ0v) is 21.6. The largest absolute Gasteiger partial charge is 0.484 e. The van der Waals surface area contributed by atoms with Gasteiger partial charge in [0.05, 0.1) is 12.7 Å². The van der Waals surface area contributed by atoms with Crippen LogP contribution in [-0.4, -0.2) is 91.6 Å². The van der Waals surface area contributed by atoms with Crippen LogP contribution in [0.2, 0.25) is 5.02 Å². The van der Waals surface area contributed by atoms with Crippen molar-refractivity contribution in [2.45, 2.75) is 12.5 Å². The van der Waals surface area contributed by atoms with E-state index < -0.39 is 0 Å². The number of benzene rings is 3. The molecule has 0 aliphatic carbocycles. The average Bonchev–Trinajstić information content (AvgIpc) is 3.17. The van der Waals surface area contributed by atoms with Crippen molar-refractivity contribution < 1.29 is 19.1 Å². The summed E-state index contributed by atoms with van der Waals surface area (Å²) in [6, 6.07) is 21.0. The quantitative estimate of drug-likeness (QED) is 0.491. The second-order valence-corrected chi connectivity index (χ2v) is 10.0. The van der Waals surface area contributed by atoms with Gasteiger partial charge < -0.3 is 19.3 Å². The number of nitrogens with zero attached hydrogens (tertiary/aromatic N) is 3. The SMILES string of the molecule is O=C(COc1ccc(Cl)cc1)N1CCO[C@@H](CN2CCCN(C(=O)c3ccc4ccccc4c3)CC2)C1. The van der Waals surface area contributed by atoms with E-state index in [1.165, 1.54) is 0 Å². The number of fused-ring (bicyclic) bond motifs is 1. The Kier molecular flexibility index (Phi) is 8.24. The lowest BCUT2D eigenvalue weighted by Crippen LogP contribution is -2.51. The molecule has 2 fully saturated rings. The van der Waals surface area contributed by atoms with Gasteiger partial charge in [-0.3, -0.25) is 14.5 Å². The fourth-order valence-corrected chi connectivity index (χ4v) is 5.10. The summed E-state index contributed by atoms with van der Waals surface area (Å²) < 4.78 is 11.6. The van der Waals surface area contributed by atoms with Gasteiger partial charge in [0.2, 0.25) is 0 Å². The number of carbonyl (C=O) groups excluding carboxylic acids is 2.